The highest BCUT2D eigenvalue weighted by Gasteiger charge is 2.36. The summed E-state index contributed by atoms with van der Waals surface area (Å²) < 4.78 is 27.1. The molecule has 6 saturated carbocycles. The van der Waals surface area contributed by atoms with Gasteiger partial charge in [0.2, 0.25) is 0 Å². The highest BCUT2D eigenvalue weighted by Crippen LogP contribution is 2.38. The van der Waals surface area contributed by atoms with Gasteiger partial charge >= 0.3 is 0 Å². The van der Waals surface area contributed by atoms with E-state index in [0.29, 0.717) is 0 Å². The van der Waals surface area contributed by atoms with Crippen molar-refractivity contribution in [1.82, 2.24) is 149 Å². The Morgan fingerprint density at radius 1 is 0.265 bits per heavy atom. The summed E-state index contributed by atoms with van der Waals surface area (Å²) in [6.07, 6.45) is 48.7. The first kappa shape index (κ1) is 96.2. The summed E-state index contributed by atoms with van der Waals surface area (Å²) in [7, 11) is 0. The summed E-state index contributed by atoms with van der Waals surface area (Å²) in [5.41, 5.74) is 26.3. The van der Waals surface area contributed by atoms with Crippen LogP contribution in [0.25, 0.3) is 100 Å². The number of hydrogen-bond donors (Lipinski definition) is 0. The SMILES string of the molecule is C.Cc1cn(-c2ccc3c(c2)nc2n3CCN(C3CCC3)CC2)c(C)n1.Cc1cn(-c2ccc3c(c2)nc2n3CCN(C3CCC3)CC2)cn1.Cc1cnc(C)n1-c1ccc2c(c1)nc1n2CCN(C2CCC2)CC1.Cc1cncn1-c1ccc2c(c1)nc1n2CCN(C2CCC2)CC1.Cc1cnnn1-c1ccc2c(c1)nc1n2CCN(C2CCC2)CC1.Cc1nccn1-c1ccc2c(c1)nc1n2CCN(C2CCC2)CC1. The van der Waals surface area contributed by atoms with Gasteiger partial charge in [0.25, 0.3) is 0 Å². The van der Waals surface area contributed by atoms with Crippen LogP contribution in [0.2, 0.25) is 0 Å². The van der Waals surface area contributed by atoms with E-state index in [1.807, 2.05) is 69.8 Å². The summed E-state index contributed by atoms with van der Waals surface area (Å²) in [4.78, 5) is 67.6. The minimum Gasteiger partial charge on any atom is -0.327 e. The number of aryl methyl sites for hydroxylation is 8. The summed E-state index contributed by atoms with van der Waals surface area (Å²) in [6.45, 7) is 36.6. The Kier molecular flexibility index (Phi) is 27.0. The molecule has 0 amide bonds. The number of benzene rings is 6. The van der Waals surface area contributed by atoms with Crippen LogP contribution in [0.3, 0.4) is 0 Å². The smallest absolute Gasteiger partial charge is 0.111 e. The fourth-order valence-electron chi connectivity index (χ4n) is 25.0. The third kappa shape index (κ3) is 19.2. The Hall–Kier alpha value is -12.9. The van der Waals surface area contributed by atoms with Crippen LogP contribution in [-0.4, -0.2) is 264 Å². The summed E-state index contributed by atoms with van der Waals surface area (Å²) in [6, 6.07) is 44.4. The van der Waals surface area contributed by atoms with Crippen molar-refractivity contribution in [3.05, 3.63) is 246 Å². The molecule has 12 aromatic heterocycles. The van der Waals surface area contributed by atoms with E-state index in [0.717, 1.165) is 306 Å². The van der Waals surface area contributed by atoms with Gasteiger partial charge in [-0.1, -0.05) is 51.2 Å². The van der Waals surface area contributed by atoms with Gasteiger partial charge in [0.1, 0.15) is 52.4 Å². The van der Waals surface area contributed by atoms with E-state index >= 15 is 0 Å². The van der Waals surface area contributed by atoms with E-state index in [-0.39, 0.29) is 7.43 Å². The van der Waals surface area contributed by atoms with E-state index in [1.165, 1.54) is 184 Å². The Labute approximate surface area is 861 Å². The van der Waals surface area contributed by atoms with Gasteiger partial charge in [-0.3, -0.25) is 29.4 Å². The average Bonchev–Trinajstić information content (AvgIpc) is 1.65. The second kappa shape index (κ2) is 41.3. The normalized spacial score (nSPS) is 19.0. The highest BCUT2D eigenvalue weighted by molar-refractivity contribution is 5.83. The van der Waals surface area contributed by atoms with Crippen molar-refractivity contribution in [2.75, 3.05) is 78.5 Å². The van der Waals surface area contributed by atoms with Gasteiger partial charge in [-0.05, 0) is 242 Å². The predicted molar refractivity (Wildman–Crippen MR) is 581 cm³/mol. The second-order valence-electron chi connectivity index (χ2n) is 43.4. The van der Waals surface area contributed by atoms with Crippen molar-refractivity contribution in [2.45, 2.75) is 292 Å². The average molecular weight is 1970 g/mol. The number of nitrogens with zero attached hydrogens (tertiary/aromatic N) is 31. The Balaban J connectivity index is 0.0000000942. The molecule has 0 spiro atoms. The standard InChI is InChI=1S/2C20H25N5.3C19H23N5.C18H22N6.CH4/c1-14-13-25(15(2)21-14)17-6-7-19-18(12-17)22-20-8-9-23(10-11-24(19)20)16-4-3-5-16;1-14-13-21-15(2)25(14)17-6-7-19-18(12-17)22-20-8-9-23(10-11-24(19)20)16-4-3-5-16;1-14-20-8-10-23(14)16-5-6-18-17(13-16)21-19-7-9-22(11-12-24(18)19)15-3-2-4-15;1-14-12-23(13-20-14)16-5-6-18-17(11-16)21-19-7-8-22(9-10-24(18)19)15-3-2-4-15;1-14-12-20-13-24(14)16-5-6-18-17(11-16)21-19-7-8-22(9-10-23(18)19)15-3-2-4-15;1-13-12-19-21-24(13)15-5-6-17-16(11-15)20-18-7-8-22(9-10-23(17)18)14-3-2-4-14;/h2*6-7,12-13,16H,3-5,8-11H2,1-2H3;5-6,8,10,13,15H,2-4,7,9,11-12H2,1H3;2*5-6,11-13,15H,2-4,7-10H2,1H3;5-6,11-12,14H,2-4,7-10H2,1H3;1H4. The molecule has 147 heavy (non-hydrogen) atoms. The first-order valence-corrected chi connectivity index (χ1v) is 54.9. The number of hydrogen-bond acceptors (Lipinski definition) is 19. The quantitative estimate of drug-likeness (QED) is 0.110. The highest BCUT2D eigenvalue weighted by atomic mass is 15.4. The molecule has 0 radical (unpaired) electrons. The van der Waals surface area contributed by atoms with Gasteiger partial charge in [0.15, 0.2) is 0 Å². The van der Waals surface area contributed by atoms with Crippen LogP contribution < -0.4 is 0 Å². The fraction of sp³-hybridized carbons (Fsp3) is 0.491. The maximum absolute atomic E-state index is 4.98. The molecular weight excluding hydrogens is 1830 g/mol. The molecule has 6 fully saturated rings. The zero-order valence-corrected chi connectivity index (χ0v) is 86.6. The van der Waals surface area contributed by atoms with Crippen molar-refractivity contribution in [1.29, 1.82) is 0 Å². The van der Waals surface area contributed by atoms with E-state index < -0.39 is 0 Å². The van der Waals surface area contributed by atoms with Gasteiger partial charge in [0.05, 0.1) is 108 Å². The summed E-state index contributed by atoms with van der Waals surface area (Å²) in [5, 5.41) is 8.14. The summed E-state index contributed by atoms with van der Waals surface area (Å²) in [5.74, 6) is 10.5. The van der Waals surface area contributed by atoms with E-state index in [2.05, 4.69) is 264 Å². The molecule has 18 heterocycles. The van der Waals surface area contributed by atoms with Crippen LogP contribution in [0.4, 0.5) is 0 Å². The molecule has 0 atom stereocenters. The molecule has 0 unspecified atom stereocenters. The zero-order valence-electron chi connectivity index (χ0n) is 86.6. The zero-order chi connectivity index (χ0) is 98.3. The maximum Gasteiger partial charge on any atom is 0.111 e. The molecule has 6 aliphatic carbocycles. The van der Waals surface area contributed by atoms with Crippen molar-refractivity contribution in [3.8, 4) is 34.1 Å². The molecule has 30 rings (SSSR count). The van der Waals surface area contributed by atoms with Crippen LogP contribution in [0.15, 0.2) is 165 Å². The van der Waals surface area contributed by atoms with Gasteiger partial charge < -0.3 is 50.2 Å². The molecule has 12 aliphatic rings. The van der Waals surface area contributed by atoms with E-state index in [9.17, 15) is 0 Å². The fourth-order valence-corrected chi connectivity index (χ4v) is 25.0. The number of aromatic nitrogens is 25. The lowest BCUT2D eigenvalue weighted by molar-refractivity contribution is 0.130. The molecule has 6 aliphatic heterocycles. The Morgan fingerprint density at radius 3 is 0.905 bits per heavy atom. The monoisotopic (exact) mass is 1970 g/mol. The van der Waals surface area contributed by atoms with Crippen LogP contribution >= 0.6 is 0 Å². The van der Waals surface area contributed by atoms with Gasteiger partial charge in [-0.2, -0.15) is 0 Å². The molecule has 18 aromatic rings. The molecule has 6 aromatic carbocycles. The third-order valence-electron chi connectivity index (χ3n) is 34.6. The van der Waals surface area contributed by atoms with Gasteiger partial charge in [-0.15, -0.1) is 5.10 Å². The molecule has 0 bridgehead atoms. The molecule has 31 nitrogen and oxygen atoms in total. The van der Waals surface area contributed by atoms with Crippen molar-refractivity contribution >= 4 is 66.2 Å². The lowest BCUT2D eigenvalue weighted by atomic mass is 9.91. The largest absolute Gasteiger partial charge is 0.327 e. The molecule has 0 saturated heterocycles. The van der Waals surface area contributed by atoms with Gasteiger partial charge in [0, 0.05) is 270 Å². The van der Waals surface area contributed by atoms with Gasteiger partial charge in [-0.25, -0.2) is 59.5 Å². The van der Waals surface area contributed by atoms with Crippen LogP contribution in [0.1, 0.15) is 204 Å². The minimum absolute atomic E-state index is 0. The number of rotatable bonds is 12. The van der Waals surface area contributed by atoms with E-state index in [1.54, 1.807) is 6.20 Å². The first-order valence-electron chi connectivity index (χ1n) is 54.9. The first-order chi connectivity index (χ1) is 71.5. The van der Waals surface area contributed by atoms with Crippen molar-refractivity contribution < 1.29 is 0 Å². The third-order valence-corrected chi connectivity index (χ3v) is 34.6. The Morgan fingerprint density at radius 2 is 0.605 bits per heavy atom. The predicted octanol–water partition coefficient (Wildman–Crippen LogP) is 18.3. The lowest BCUT2D eigenvalue weighted by Crippen LogP contribution is -2.41. The Bertz CT molecular complexity index is 7370. The van der Waals surface area contributed by atoms with Crippen LogP contribution in [0.5, 0.6) is 0 Å². The maximum atomic E-state index is 4.98. The van der Waals surface area contributed by atoms with Crippen LogP contribution in [0, 0.1) is 55.4 Å². The second-order valence-corrected chi connectivity index (χ2v) is 43.4. The van der Waals surface area contributed by atoms with Crippen molar-refractivity contribution in [2.24, 2.45) is 0 Å². The molecule has 764 valence electrons. The van der Waals surface area contributed by atoms with E-state index in [4.69, 9.17) is 29.9 Å². The molecule has 0 N–H and O–H groups in total. The number of imidazole rings is 11. The molecule has 31 heteroatoms. The van der Waals surface area contributed by atoms with Crippen LogP contribution in [-0.2, 0) is 77.8 Å². The molecular formula is C116H145N31. The number of fused-ring (bicyclic) bond motifs is 18. The minimum atomic E-state index is 0. The summed E-state index contributed by atoms with van der Waals surface area (Å²) >= 11 is 0. The van der Waals surface area contributed by atoms with Crippen molar-refractivity contribution in [3.63, 3.8) is 0 Å². The topological polar surface area (TPSA) is 246 Å². The lowest BCUT2D eigenvalue weighted by Gasteiger charge is -2.36.